The maximum atomic E-state index is 13.0. The third-order valence-electron chi connectivity index (χ3n) is 4.97. The number of halogens is 3. The van der Waals surface area contributed by atoms with Gasteiger partial charge in [0.25, 0.3) is 0 Å². The maximum Gasteiger partial charge on any atom is 0.243 e. The Bertz CT molecular complexity index is 1010. The highest BCUT2D eigenvalue weighted by atomic mass is 35.5. The molecule has 1 heterocycles. The zero-order valence-corrected chi connectivity index (χ0v) is 18.6. The van der Waals surface area contributed by atoms with E-state index in [1.54, 1.807) is 12.1 Å². The second-order valence-corrected chi connectivity index (χ2v) is 9.85. The van der Waals surface area contributed by atoms with Gasteiger partial charge in [-0.05, 0) is 42.8 Å². The second kappa shape index (κ2) is 9.62. The van der Waals surface area contributed by atoms with E-state index < -0.39 is 10.0 Å². The summed E-state index contributed by atoms with van der Waals surface area (Å²) in [4.78, 5) is 14.3. The van der Waals surface area contributed by atoms with Crippen LogP contribution in [0.4, 0.5) is 4.39 Å². The van der Waals surface area contributed by atoms with E-state index in [1.807, 2.05) is 11.8 Å². The van der Waals surface area contributed by atoms with Gasteiger partial charge >= 0.3 is 0 Å². The summed E-state index contributed by atoms with van der Waals surface area (Å²) in [7, 11) is -3.68. The third kappa shape index (κ3) is 5.50. The lowest BCUT2D eigenvalue weighted by Crippen LogP contribution is -2.51. The van der Waals surface area contributed by atoms with E-state index in [1.165, 1.54) is 34.6 Å². The molecule has 0 spiro atoms. The third-order valence-corrected chi connectivity index (χ3v) is 7.61. The Morgan fingerprint density at radius 3 is 2.30 bits per heavy atom. The minimum Gasteiger partial charge on any atom is -0.348 e. The fourth-order valence-electron chi connectivity index (χ4n) is 3.24. The van der Waals surface area contributed by atoms with Crippen LogP contribution in [0.15, 0.2) is 47.4 Å². The van der Waals surface area contributed by atoms with Gasteiger partial charge in [-0.1, -0.05) is 35.3 Å². The van der Waals surface area contributed by atoms with Gasteiger partial charge in [-0.3, -0.25) is 9.69 Å². The molecule has 1 unspecified atom stereocenters. The molecule has 10 heteroatoms. The number of amides is 1. The molecule has 0 saturated carbocycles. The molecule has 1 saturated heterocycles. The van der Waals surface area contributed by atoms with Gasteiger partial charge in [0.05, 0.1) is 27.5 Å². The number of sulfonamides is 1. The Morgan fingerprint density at radius 2 is 1.70 bits per heavy atom. The molecule has 1 atom stereocenters. The van der Waals surface area contributed by atoms with Crippen molar-refractivity contribution in [2.75, 3.05) is 32.7 Å². The van der Waals surface area contributed by atoms with Crippen LogP contribution >= 0.6 is 23.2 Å². The molecule has 30 heavy (non-hydrogen) atoms. The number of rotatable bonds is 6. The fourth-order valence-corrected chi connectivity index (χ4v) is 5.05. The van der Waals surface area contributed by atoms with Gasteiger partial charge in [0.15, 0.2) is 0 Å². The zero-order valence-electron chi connectivity index (χ0n) is 16.3. The summed E-state index contributed by atoms with van der Waals surface area (Å²) in [6.07, 6.45) is 0. The molecule has 0 radical (unpaired) electrons. The van der Waals surface area contributed by atoms with Gasteiger partial charge in [0, 0.05) is 26.2 Å². The van der Waals surface area contributed by atoms with Crippen molar-refractivity contribution in [1.82, 2.24) is 14.5 Å². The smallest absolute Gasteiger partial charge is 0.243 e. The van der Waals surface area contributed by atoms with Crippen molar-refractivity contribution in [1.29, 1.82) is 0 Å². The van der Waals surface area contributed by atoms with Crippen LogP contribution in [0.3, 0.4) is 0 Å². The summed E-state index contributed by atoms with van der Waals surface area (Å²) in [5, 5.41) is 3.36. The molecule has 1 fully saturated rings. The standard InChI is InChI=1S/C20H22Cl2FN3O3S/c1-14(15-2-4-16(23)5-3-15)24-20(27)13-25-8-10-26(11-9-25)30(28,29)17-6-7-18(21)19(22)12-17/h2-7,12,14H,8-11,13H2,1H3,(H,24,27). The number of piperazine rings is 1. The largest absolute Gasteiger partial charge is 0.348 e. The first-order valence-electron chi connectivity index (χ1n) is 9.39. The molecule has 6 nitrogen and oxygen atoms in total. The molecule has 162 valence electrons. The minimum absolute atomic E-state index is 0.0937. The molecule has 1 aliphatic rings. The fraction of sp³-hybridized carbons (Fsp3) is 0.350. The predicted molar refractivity (Wildman–Crippen MR) is 115 cm³/mol. The normalized spacial score (nSPS) is 16.9. The summed E-state index contributed by atoms with van der Waals surface area (Å²) < 4.78 is 40.0. The van der Waals surface area contributed by atoms with Crippen LogP contribution < -0.4 is 5.32 Å². The zero-order chi connectivity index (χ0) is 21.9. The van der Waals surface area contributed by atoms with E-state index in [0.29, 0.717) is 18.1 Å². The van der Waals surface area contributed by atoms with Crippen molar-refractivity contribution in [2.45, 2.75) is 17.9 Å². The van der Waals surface area contributed by atoms with E-state index in [0.717, 1.165) is 5.56 Å². The quantitative estimate of drug-likeness (QED) is 0.698. The Hall–Kier alpha value is -1.71. The highest BCUT2D eigenvalue weighted by Gasteiger charge is 2.29. The maximum absolute atomic E-state index is 13.0. The van der Waals surface area contributed by atoms with Crippen LogP contribution in [0.25, 0.3) is 0 Å². The molecule has 0 bridgehead atoms. The molecule has 0 aromatic heterocycles. The minimum atomic E-state index is -3.68. The van der Waals surface area contributed by atoms with Crippen LogP contribution in [0, 0.1) is 5.82 Å². The Labute approximate surface area is 185 Å². The van der Waals surface area contributed by atoms with E-state index in [4.69, 9.17) is 23.2 Å². The summed E-state index contributed by atoms with van der Waals surface area (Å²) in [6, 6.07) is 9.95. The lowest BCUT2D eigenvalue weighted by molar-refractivity contribution is -0.123. The van der Waals surface area contributed by atoms with Crippen LogP contribution in [-0.2, 0) is 14.8 Å². The van der Waals surface area contributed by atoms with E-state index >= 15 is 0 Å². The first-order chi connectivity index (χ1) is 14.2. The Balaban J connectivity index is 1.53. The van der Waals surface area contributed by atoms with E-state index in [9.17, 15) is 17.6 Å². The van der Waals surface area contributed by atoms with Gasteiger partial charge in [0.2, 0.25) is 15.9 Å². The highest BCUT2D eigenvalue weighted by molar-refractivity contribution is 7.89. The average Bonchev–Trinajstić information content (AvgIpc) is 2.70. The monoisotopic (exact) mass is 473 g/mol. The summed E-state index contributed by atoms with van der Waals surface area (Å²) in [5.41, 5.74) is 0.808. The van der Waals surface area contributed by atoms with Crippen molar-refractivity contribution in [2.24, 2.45) is 0 Å². The van der Waals surface area contributed by atoms with Crippen molar-refractivity contribution in [3.05, 3.63) is 63.9 Å². The molecular weight excluding hydrogens is 452 g/mol. The summed E-state index contributed by atoms with van der Waals surface area (Å²) in [5.74, 6) is -0.501. The molecule has 2 aromatic carbocycles. The molecule has 0 aliphatic carbocycles. The summed E-state index contributed by atoms with van der Waals surface area (Å²) in [6.45, 7) is 3.38. The summed E-state index contributed by atoms with van der Waals surface area (Å²) >= 11 is 11.8. The van der Waals surface area contributed by atoms with Gasteiger partial charge in [-0.2, -0.15) is 4.31 Å². The van der Waals surface area contributed by atoms with Gasteiger partial charge in [-0.15, -0.1) is 0 Å². The number of benzene rings is 2. The SMILES string of the molecule is CC(NC(=O)CN1CCN(S(=O)(=O)c2ccc(Cl)c(Cl)c2)CC1)c1ccc(F)cc1. The first kappa shape index (κ1) is 23.0. The second-order valence-electron chi connectivity index (χ2n) is 7.10. The number of hydrogen-bond acceptors (Lipinski definition) is 4. The van der Waals surface area contributed by atoms with Gasteiger partial charge in [0.1, 0.15) is 5.82 Å². The van der Waals surface area contributed by atoms with Crippen LogP contribution in [0.1, 0.15) is 18.5 Å². The van der Waals surface area contributed by atoms with Crippen LogP contribution in [0.2, 0.25) is 10.0 Å². The highest BCUT2D eigenvalue weighted by Crippen LogP contribution is 2.27. The van der Waals surface area contributed by atoms with E-state index in [-0.39, 0.29) is 47.3 Å². The number of nitrogens with one attached hydrogen (secondary N) is 1. The van der Waals surface area contributed by atoms with Gasteiger partial charge in [-0.25, -0.2) is 12.8 Å². The number of nitrogens with zero attached hydrogens (tertiary/aromatic N) is 2. The number of hydrogen-bond donors (Lipinski definition) is 1. The molecule has 1 aliphatic heterocycles. The van der Waals surface area contributed by atoms with E-state index in [2.05, 4.69) is 5.32 Å². The molecular formula is C20H22Cl2FN3O3S. The Kier molecular flexibility index (Phi) is 7.36. The van der Waals surface area contributed by atoms with Crippen molar-refractivity contribution in [3.63, 3.8) is 0 Å². The lowest BCUT2D eigenvalue weighted by atomic mass is 10.1. The van der Waals surface area contributed by atoms with Gasteiger partial charge < -0.3 is 5.32 Å². The topological polar surface area (TPSA) is 69.7 Å². The van der Waals surface area contributed by atoms with Crippen molar-refractivity contribution >= 4 is 39.1 Å². The first-order valence-corrected chi connectivity index (χ1v) is 11.6. The predicted octanol–water partition coefficient (Wildman–Crippen LogP) is 3.32. The lowest BCUT2D eigenvalue weighted by Gasteiger charge is -2.33. The van der Waals surface area contributed by atoms with Crippen molar-refractivity contribution < 1.29 is 17.6 Å². The molecule has 1 amide bonds. The van der Waals surface area contributed by atoms with Crippen molar-refractivity contribution in [3.8, 4) is 0 Å². The van der Waals surface area contributed by atoms with Crippen LogP contribution in [-0.4, -0.2) is 56.3 Å². The Morgan fingerprint density at radius 1 is 1.07 bits per heavy atom. The number of carbonyl (C=O) groups excluding carboxylic acids is 1. The number of carbonyl (C=O) groups is 1. The van der Waals surface area contributed by atoms with Crippen LogP contribution in [0.5, 0.6) is 0 Å². The molecule has 3 rings (SSSR count). The molecule has 1 N–H and O–H groups in total. The average molecular weight is 474 g/mol. The molecule has 2 aromatic rings.